The van der Waals surface area contributed by atoms with Crippen molar-refractivity contribution in [2.45, 2.75) is 0 Å². The lowest BCUT2D eigenvalue weighted by molar-refractivity contribution is 2.03. The largest absolute Gasteiger partial charge is 0.183 e. The Morgan fingerprint density at radius 3 is 2.29 bits per heavy atom. The van der Waals surface area contributed by atoms with Crippen molar-refractivity contribution in [3.05, 3.63) is 22.6 Å². The average molecular weight is 128 g/mol. The van der Waals surface area contributed by atoms with E-state index in [9.17, 15) is 0 Å². The first-order valence-corrected chi connectivity index (χ1v) is 3.37. The molecule has 0 spiro atoms. The lowest BCUT2D eigenvalue weighted by atomic mass is 9.82. The molecule has 1 aliphatic heterocycles. The van der Waals surface area contributed by atoms with E-state index in [2.05, 4.69) is 30.5 Å². The van der Waals surface area contributed by atoms with Gasteiger partial charge in [-0.15, -0.1) is 24.5 Å². The minimum Gasteiger partial charge on any atom is -0.119 e. The third kappa shape index (κ3) is 1.15. The van der Waals surface area contributed by atoms with Crippen LogP contribution in [0, 0.1) is 0 Å². The lowest BCUT2D eigenvalue weighted by Gasteiger charge is -1.86. The maximum atomic E-state index is 2.71. The van der Waals surface area contributed by atoms with E-state index in [1.807, 2.05) is 0 Å². The summed E-state index contributed by atoms with van der Waals surface area (Å²) in [5.74, 6) is 2.16. The first-order chi connectivity index (χ1) is 3.30. The van der Waals surface area contributed by atoms with Crippen molar-refractivity contribution in [3.63, 3.8) is 0 Å². The maximum Gasteiger partial charge on any atom is 0.183 e. The molecule has 2 atom stereocenters. The average Bonchev–Trinajstić information content (AvgIpc) is 1.91. The molecule has 0 saturated carbocycles. The summed E-state index contributed by atoms with van der Waals surface area (Å²) >= 11 is 0. The van der Waals surface area contributed by atoms with Gasteiger partial charge < -0.3 is 0 Å². The predicted molar refractivity (Wildman–Crippen MR) is 42.7 cm³/mol. The highest BCUT2D eigenvalue weighted by Crippen LogP contribution is 2.22. The summed E-state index contributed by atoms with van der Waals surface area (Å²) in [4.78, 5) is 0. The van der Waals surface area contributed by atoms with Crippen molar-refractivity contribution in [2.75, 3.05) is 0 Å². The molecule has 0 aromatic carbocycles. The van der Waals surface area contributed by atoms with Crippen LogP contribution in [0.1, 0.15) is 0 Å². The van der Waals surface area contributed by atoms with E-state index in [1.54, 1.807) is 0 Å². The Hall–Kier alpha value is 0.405. The van der Waals surface area contributed by atoms with Crippen LogP contribution >= 0.6 is 18.5 Å². The van der Waals surface area contributed by atoms with Gasteiger partial charge in [-0.1, -0.05) is 11.3 Å². The second kappa shape index (κ2) is 2.12. The molecule has 0 aromatic rings. The molecule has 1 aliphatic rings. The van der Waals surface area contributed by atoms with Gasteiger partial charge in [-0.2, -0.15) is 0 Å². The Bertz CT molecular complexity index is 137. The van der Waals surface area contributed by atoms with Crippen LogP contribution in [0.2, 0.25) is 0 Å². The van der Waals surface area contributed by atoms with Crippen LogP contribution in [0.3, 0.4) is 0 Å². The summed E-state index contributed by atoms with van der Waals surface area (Å²) in [5, 5.41) is 2.72. The van der Waals surface area contributed by atoms with Gasteiger partial charge in [0.05, 0.1) is 0 Å². The summed E-state index contributed by atoms with van der Waals surface area (Å²) in [7, 11) is 6.51. The summed E-state index contributed by atoms with van der Waals surface area (Å²) < 4.78 is 0. The van der Waals surface area contributed by atoms with Gasteiger partial charge in [-0.05, 0) is 5.31 Å². The van der Waals surface area contributed by atoms with Gasteiger partial charge in [0.2, 0.25) is 0 Å². The van der Waals surface area contributed by atoms with Crippen LogP contribution in [-0.2, 0) is 0 Å². The molecular weight excluding hydrogens is 121 g/mol. The third-order valence-electron chi connectivity index (χ3n) is 1.01. The zero-order valence-corrected chi connectivity index (χ0v) is 6.33. The summed E-state index contributed by atoms with van der Waals surface area (Å²) in [5.41, 5.74) is 0. The Morgan fingerprint density at radius 1 is 1.43 bits per heavy atom. The number of hydrogen-bond acceptors (Lipinski definition) is 0. The number of rotatable bonds is 0. The van der Waals surface area contributed by atoms with Crippen LogP contribution in [0.4, 0.5) is 0 Å². The van der Waals surface area contributed by atoms with E-state index >= 15 is 0 Å². The van der Waals surface area contributed by atoms with Crippen LogP contribution in [-0.4, -0.2) is 7.28 Å². The summed E-state index contributed by atoms with van der Waals surface area (Å²) in [6.07, 6.45) is 2.12. The summed E-state index contributed by atoms with van der Waals surface area (Å²) in [6.45, 7) is 0. The highest BCUT2D eigenvalue weighted by molar-refractivity contribution is 7.32. The molecule has 2 unspecified atom stereocenters. The van der Waals surface area contributed by atoms with Gasteiger partial charge in [0.15, 0.2) is 7.28 Å². The van der Waals surface area contributed by atoms with Gasteiger partial charge >= 0.3 is 0 Å². The second-order valence-corrected chi connectivity index (χ2v) is 2.91. The molecule has 1 rings (SSSR count). The molecule has 0 fully saturated rings. The highest BCUT2D eigenvalue weighted by Gasteiger charge is 1.98. The molecule has 1 heterocycles. The molecule has 0 aromatic heterocycles. The van der Waals surface area contributed by atoms with E-state index in [1.165, 1.54) is 10.5 Å². The Balaban J connectivity index is 2.79. The third-order valence-corrected chi connectivity index (χ3v) is 2.47. The van der Waals surface area contributed by atoms with Crippen molar-refractivity contribution in [1.29, 1.82) is 0 Å². The van der Waals surface area contributed by atoms with E-state index in [0.717, 1.165) is 7.28 Å². The van der Waals surface area contributed by atoms with Crippen LogP contribution in [0.5, 0.6) is 0 Å². The first-order valence-electron chi connectivity index (χ1n) is 2.21. The molecule has 0 bridgehead atoms. The van der Waals surface area contributed by atoms with Crippen molar-refractivity contribution in [1.82, 2.24) is 0 Å². The Morgan fingerprint density at radius 2 is 2.14 bits per heavy atom. The van der Waals surface area contributed by atoms with Gasteiger partial charge in [-0.25, -0.2) is 0 Å². The molecule has 0 amide bonds. The molecule has 0 radical (unpaired) electrons. The normalized spacial score (nSPS) is 18.0. The van der Waals surface area contributed by atoms with Gasteiger partial charge in [0.25, 0.3) is 0 Å². The van der Waals surface area contributed by atoms with E-state index in [-0.39, 0.29) is 0 Å². The minimum absolute atomic E-state index is 1.11. The Kier molecular flexibility index (Phi) is 1.67. The monoisotopic (exact) mass is 128 g/mol. The molecule has 0 aliphatic carbocycles. The summed E-state index contributed by atoms with van der Waals surface area (Å²) in [6, 6.07) is 0. The molecular formula is C4H7BP2. The van der Waals surface area contributed by atoms with Gasteiger partial charge in [0, 0.05) is 0 Å². The SMILES string of the molecule is PC1=C(P)C=CB1. The van der Waals surface area contributed by atoms with Crippen molar-refractivity contribution < 1.29 is 0 Å². The first kappa shape index (κ1) is 5.54. The molecule has 7 heavy (non-hydrogen) atoms. The zero-order valence-electron chi connectivity index (χ0n) is 4.02. The van der Waals surface area contributed by atoms with Crippen molar-refractivity contribution >= 4 is 25.8 Å². The molecule has 3 heteroatoms. The maximum absolute atomic E-state index is 2.71. The quantitative estimate of drug-likeness (QED) is 0.335. The molecule has 0 saturated heterocycles. The van der Waals surface area contributed by atoms with Crippen LogP contribution in [0.25, 0.3) is 0 Å². The molecule has 36 valence electrons. The van der Waals surface area contributed by atoms with Gasteiger partial charge in [-0.3, -0.25) is 0 Å². The second-order valence-electron chi connectivity index (χ2n) is 1.59. The topological polar surface area (TPSA) is 0 Å². The van der Waals surface area contributed by atoms with Crippen LogP contribution in [0.15, 0.2) is 22.6 Å². The van der Waals surface area contributed by atoms with Gasteiger partial charge in [0.1, 0.15) is 0 Å². The lowest BCUT2D eigenvalue weighted by Crippen LogP contribution is -1.75. The fourth-order valence-electron chi connectivity index (χ4n) is 0.538. The predicted octanol–water partition coefficient (Wildman–Crippen LogP) is 0.869. The van der Waals surface area contributed by atoms with E-state index in [4.69, 9.17) is 0 Å². The zero-order chi connectivity index (χ0) is 5.28. The fraction of sp³-hybridized carbons (Fsp3) is 0. The Labute approximate surface area is 49.1 Å². The highest BCUT2D eigenvalue weighted by atomic mass is 31.0. The minimum atomic E-state index is 1.11. The number of allylic oxidation sites excluding steroid dienone is 2. The van der Waals surface area contributed by atoms with Crippen molar-refractivity contribution in [2.24, 2.45) is 0 Å². The number of hydrogen-bond donors (Lipinski definition) is 0. The van der Waals surface area contributed by atoms with E-state index in [0.29, 0.717) is 0 Å². The standard InChI is InChI=1S/C4H7BP2/c6-3-1-2-5-4(3)7/h1-2,5H,6-7H2. The van der Waals surface area contributed by atoms with Crippen LogP contribution < -0.4 is 0 Å². The van der Waals surface area contributed by atoms with E-state index < -0.39 is 0 Å². The molecule has 0 nitrogen and oxygen atoms in total. The van der Waals surface area contributed by atoms with Crippen molar-refractivity contribution in [3.8, 4) is 0 Å². The smallest absolute Gasteiger partial charge is 0.119 e. The molecule has 0 N–H and O–H groups in total. The fourth-order valence-corrected chi connectivity index (χ4v) is 1.02.